The first-order chi connectivity index (χ1) is 7.29. The molecule has 0 aromatic heterocycles. The summed E-state index contributed by atoms with van der Waals surface area (Å²) in [6, 6.07) is 1.50. The lowest BCUT2D eigenvalue weighted by atomic mass is 10.3. The van der Waals surface area contributed by atoms with Gasteiger partial charge in [0.1, 0.15) is 6.54 Å². The Balaban J connectivity index is 3.99. The van der Waals surface area contributed by atoms with Gasteiger partial charge in [-0.1, -0.05) is 0 Å². The third kappa shape index (κ3) is 5.16. The molecule has 0 saturated heterocycles. The van der Waals surface area contributed by atoms with Gasteiger partial charge >= 0.3 is 18.0 Å². The molecule has 6 nitrogen and oxygen atoms in total. The fourth-order valence-corrected chi connectivity index (χ4v) is 0.585. The van der Waals surface area contributed by atoms with Crippen molar-refractivity contribution in [2.45, 2.75) is 12.3 Å². The molecule has 90 valence electrons. The highest BCUT2D eigenvalue weighted by Crippen LogP contribution is 2.18. The Morgan fingerprint density at radius 3 is 2.25 bits per heavy atom. The van der Waals surface area contributed by atoms with E-state index in [4.69, 9.17) is 10.4 Å². The van der Waals surface area contributed by atoms with Crippen LogP contribution in [0.15, 0.2) is 0 Å². The number of nitriles is 1. The maximum Gasteiger partial charge on any atom is 0.416 e. The molecule has 0 aliphatic rings. The van der Waals surface area contributed by atoms with E-state index in [9.17, 15) is 22.8 Å². The normalized spacial score (nSPS) is 12.4. The number of aliphatic hydroxyl groups excluding tert-OH is 1. The fraction of sp³-hybridized carbons (Fsp3) is 0.571. The summed E-state index contributed by atoms with van der Waals surface area (Å²) >= 11 is 0. The van der Waals surface area contributed by atoms with Crippen LogP contribution in [0.1, 0.15) is 0 Å². The van der Waals surface area contributed by atoms with Crippen LogP contribution in [0.5, 0.6) is 0 Å². The van der Waals surface area contributed by atoms with Gasteiger partial charge in [0.05, 0.1) is 12.6 Å². The van der Waals surface area contributed by atoms with Crippen molar-refractivity contribution in [2.24, 2.45) is 0 Å². The number of hydrogen-bond acceptors (Lipinski definition) is 4. The molecule has 9 heteroatoms. The van der Waals surface area contributed by atoms with E-state index in [-0.39, 0.29) is 0 Å². The predicted molar refractivity (Wildman–Crippen MR) is 43.7 cm³/mol. The van der Waals surface area contributed by atoms with Crippen LogP contribution in [0.25, 0.3) is 0 Å². The van der Waals surface area contributed by atoms with Crippen molar-refractivity contribution in [2.75, 3.05) is 13.1 Å². The van der Waals surface area contributed by atoms with Gasteiger partial charge in [-0.3, -0.25) is 9.59 Å². The van der Waals surface area contributed by atoms with Crippen molar-refractivity contribution in [1.82, 2.24) is 10.6 Å². The van der Waals surface area contributed by atoms with E-state index in [1.807, 2.05) is 5.32 Å². The number of carbonyl (C=O) groups excluding carboxylic acids is 2. The van der Waals surface area contributed by atoms with Gasteiger partial charge in [-0.15, -0.1) is 0 Å². The summed E-state index contributed by atoms with van der Waals surface area (Å²) in [6.07, 6.45) is -7.60. The summed E-state index contributed by atoms with van der Waals surface area (Å²) in [7, 11) is 0. The molecule has 1 unspecified atom stereocenters. The SMILES string of the molecule is N#CCNC(=O)C(=O)NCC(O)C(F)(F)F. The van der Waals surface area contributed by atoms with Crippen LogP contribution in [-0.2, 0) is 9.59 Å². The van der Waals surface area contributed by atoms with E-state index in [2.05, 4.69) is 0 Å². The van der Waals surface area contributed by atoms with Gasteiger partial charge in [-0.2, -0.15) is 18.4 Å². The van der Waals surface area contributed by atoms with E-state index in [0.29, 0.717) is 0 Å². The van der Waals surface area contributed by atoms with Crippen LogP contribution in [0.4, 0.5) is 13.2 Å². The summed E-state index contributed by atoms with van der Waals surface area (Å²) in [5.74, 6) is -2.59. The predicted octanol–water partition coefficient (Wildman–Crippen LogP) is -1.33. The maximum atomic E-state index is 11.8. The minimum Gasteiger partial charge on any atom is -0.382 e. The van der Waals surface area contributed by atoms with Crippen molar-refractivity contribution in [3.05, 3.63) is 0 Å². The van der Waals surface area contributed by atoms with E-state index in [0.717, 1.165) is 0 Å². The van der Waals surface area contributed by atoms with Gasteiger partial charge in [-0.05, 0) is 0 Å². The Labute approximate surface area is 88.0 Å². The number of rotatable bonds is 3. The average Bonchev–Trinajstić information content (AvgIpc) is 2.20. The number of nitrogens with one attached hydrogen (secondary N) is 2. The number of hydrogen-bond donors (Lipinski definition) is 3. The van der Waals surface area contributed by atoms with Crippen LogP contribution >= 0.6 is 0 Å². The van der Waals surface area contributed by atoms with Gasteiger partial charge in [0.25, 0.3) is 0 Å². The molecule has 0 aromatic rings. The number of aliphatic hydroxyl groups is 1. The van der Waals surface area contributed by atoms with Gasteiger partial charge in [0, 0.05) is 0 Å². The zero-order valence-corrected chi connectivity index (χ0v) is 7.84. The Morgan fingerprint density at radius 1 is 1.31 bits per heavy atom. The number of halogens is 3. The third-order valence-electron chi connectivity index (χ3n) is 1.37. The highest BCUT2D eigenvalue weighted by atomic mass is 19.4. The molecule has 0 rings (SSSR count). The van der Waals surface area contributed by atoms with Crippen LogP contribution < -0.4 is 10.6 Å². The third-order valence-corrected chi connectivity index (χ3v) is 1.37. The van der Waals surface area contributed by atoms with Crippen molar-refractivity contribution < 1.29 is 27.9 Å². The van der Waals surface area contributed by atoms with E-state index in [1.54, 1.807) is 5.32 Å². The first-order valence-corrected chi connectivity index (χ1v) is 3.96. The van der Waals surface area contributed by atoms with Crippen molar-refractivity contribution in [3.63, 3.8) is 0 Å². The average molecular weight is 239 g/mol. The second-order valence-corrected chi connectivity index (χ2v) is 2.61. The molecule has 16 heavy (non-hydrogen) atoms. The molecule has 0 spiro atoms. The zero-order valence-electron chi connectivity index (χ0n) is 7.84. The van der Waals surface area contributed by atoms with Crippen LogP contribution in [0, 0.1) is 11.3 Å². The molecule has 0 fully saturated rings. The second kappa shape index (κ2) is 5.92. The quantitative estimate of drug-likeness (QED) is 0.419. The lowest BCUT2D eigenvalue weighted by Crippen LogP contribution is -2.46. The van der Waals surface area contributed by atoms with Crippen LogP contribution in [0.2, 0.25) is 0 Å². The molecule has 0 aromatic carbocycles. The van der Waals surface area contributed by atoms with Crippen molar-refractivity contribution >= 4 is 11.8 Å². The van der Waals surface area contributed by atoms with E-state index in [1.165, 1.54) is 6.07 Å². The molecular weight excluding hydrogens is 231 g/mol. The molecule has 0 aliphatic heterocycles. The number of alkyl halides is 3. The standard InChI is InChI=1S/C7H8F3N3O3/c8-7(9,10)4(14)3-13-6(16)5(15)12-2-1-11/h4,14H,2-3H2,(H,12,15)(H,13,16). The monoisotopic (exact) mass is 239 g/mol. The topological polar surface area (TPSA) is 102 Å². The molecule has 3 N–H and O–H groups in total. The van der Waals surface area contributed by atoms with E-state index >= 15 is 0 Å². The molecule has 0 bridgehead atoms. The van der Waals surface area contributed by atoms with Crippen LogP contribution in [0.3, 0.4) is 0 Å². The molecule has 0 saturated carbocycles. The van der Waals surface area contributed by atoms with Gasteiger partial charge in [-0.25, -0.2) is 0 Å². The van der Waals surface area contributed by atoms with Crippen molar-refractivity contribution in [3.8, 4) is 6.07 Å². The Bertz CT molecular complexity index is 310. The van der Waals surface area contributed by atoms with Gasteiger partial charge < -0.3 is 15.7 Å². The minimum absolute atomic E-state index is 0.436. The second-order valence-electron chi connectivity index (χ2n) is 2.61. The summed E-state index contributed by atoms with van der Waals surface area (Å²) in [6.45, 7) is -1.56. The summed E-state index contributed by atoms with van der Waals surface area (Å²) < 4.78 is 35.3. The Kier molecular flexibility index (Phi) is 5.24. The van der Waals surface area contributed by atoms with Crippen molar-refractivity contribution in [1.29, 1.82) is 5.26 Å². The highest BCUT2D eigenvalue weighted by Gasteiger charge is 2.38. The number of amides is 2. The molecule has 1 atom stereocenters. The van der Waals surface area contributed by atoms with Gasteiger partial charge in [0.15, 0.2) is 6.10 Å². The Morgan fingerprint density at radius 2 is 1.81 bits per heavy atom. The Hall–Kier alpha value is -1.82. The smallest absolute Gasteiger partial charge is 0.382 e. The molecule has 0 radical (unpaired) electrons. The maximum absolute atomic E-state index is 11.8. The summed E-state index contributed by atoms with van der Waals surface area (Å²) in [5.41, 5.74) is 0. The molecule has 0 aliphatic carbocycles. The molecular formula is C7H8F3N3O3. The highest BCUT2D eigenvalue weighted by molar-refractivity contribution is 6.35. The fourth-order valence-electron chi connectivity index (χ4n) is 0.585. The van der Waals surface area contributed by atoms with Gasteiger partial charge in [0.2, 0.25) is 0 Å². The summed E-state index contributed by atoms with van der Waals surface area (Å²) in [4.78, 5) is 21.5. The first-order valence-electron chi connectivity index (χ1n) is 3.96. The number of nitrogens with zero attached hydrogens (tertiary/aromatic N) is 1. The largest absolute Gasteiger partial charge is 0.416 e. The molecule has 2 amide bonds. The van der Waals surface area contributed by atoms with Crippen LogP contribution in [-0.4, -0.2) is 42.3 Å². The summed E-state index contributed by atoms with van der Waals surface area (Å²) in [5, 5.41) is 19.9. The molecule has 0 heterocycles. The lowest BCUT2D eigenvalue weighted by molar-refractivity contribution is -0.201. The first kappa shape index (κ1) is 14.2. The zero-order chi connectivity index (χ0) is 12.8. The minimum atomic E-state index is -4.86. The lowest BCUT2D eigenvalue weighted by Gasteiger charge is -2.14. The number of carbonyl (C=O) groups is 2. The van der Waals surface area contributed by atoms with E-state index < -0.39 is 37.2 Å².